The van der Waals surface area contributed by atoms with E-state index < -0.39 is 0 Å². The minimum Gasteiger partial charge on any atom is -0.0619 e. The van der Waals surface area contributed by atoms with Gasteiger partial charge in [0.2, 0.25) is 0 Å². The van der Waals surface area contributed by atoms with Crippen molar-refractivity contribution in [3.8, 4) is 0 Å². The Balaban J connectivity index is 2.01. The highest BCUT2D eigenvalue weighted by molar-refractivity contribution is 6.08. The summed E-state index contributed by atoms with van der Waals surface area (Å²) in [5.74, 6) is 1.58. The molecule has 1 aliphatic carbocycles. The number of hydrogen-bond donors (Lipinski definition) is 0. The number of hydrogen-bond acceptors (Lipinski definition) is 0. The molecule has 3 aromatic rings. The monoisotopic (exact) mass is 260 g/mol. The molecular formula is C20H20. The van der Waals surface area contributed by atoms with Crippen LogP contribution in [0.25, 0.3) is 21.5 Å². The lowest BCUT2D eigenvalue weighted by atomic mass is 9.86. The third-order valence-electron chi connectivity index (χ3n) is 5.08. The van der Waals surface area contributed by atoms with Crippen LogP contribution in [0.5, 0.6) is 0 Å². The van der Waals surface area contributed by atoms with Gasteiger partial charge in [-0.3, -0.25) is 0 Å². The Bertz CT molecular complexity index is 769. The van der Waals surface area contributed by atoms with E-state index in [1.54, 1.807) is 5.56 Å². The van der Waals surface area contributed by atoms with Crippen LogP contribution in [0.15, 0.2) is 54.6 Å². The van der Waals surface area contributed by atoms with Gasteiger partial charge in [0.25, 0.3) is 0 Å². The van der Waals surface area contributed by atoms with Crippen molar-refractivity contribution in [1.82, 2.24) is 0 Å². The van der Waals surface area contributed by atoms with Crippen LogP contribution in [-0.2, 0) is 0 Å². The Hall–Kier alpha value is -1.82. The Morgan fingerprint density at radius 1 is 0.750 bits per heavy atom. The molecule has 4 rings (SSSR count). The quantitative estimate of drug-likeness (QED) is 0.478. The highest BCUT2D eigenvalue weighted by Crippen LogP contribution is 2.42. The summed E-state index contributed by atoms with van der Waals surface area (Å²) in [7, 11) is 0. The first kappa shape index (κ1) is 12.0. The highest BCUT2D eigenvalue weighted by atomic mass is 14.3. The van der Waals surface area contributed by atoms with Gasteiger partial charge in [-0.05, 0) is 45.4 Å². The maximum Gasteiger partial charge on any atom is -0.0103 e. The van der Waals surface area contributed by atoms with E-state index in [0.29, 0.717) is 0 Å². The lowest BCUT2D eigenvalue weighted by Crippen LogP contribution is -2.02. The molecule has 0 spiro atoms. The molecular weight excluding hydrogens is 240 g/mol. The summed E-state index contributed by atoms with van der Waals surface area (Å²) in [6, 6.07) is 20.2. The Morgan fingerprint density at radius 3 is 2.45 bits per heavy atom. The fourth-order valence-electron chi connectivity index (χ4n) is 4.00. The van der Waals surface area contributed by atoms with Crippen LogP contribution in [0.2, 0.25) is 0 Å². The summed E-state index contributed by atoms with van der Waals surface area (Å²) in [4.78, 5) is 0. The van der Waals surface area contributed by atoms with Crippen LogP contribution in [0.1, 0.15) is 37.7 Å². The van der Waals surface area contributed by atoms with Gasteiger partial charge < -0.3 is 0 Å². The van der Waals surface area contributed by atoms with Crippen molar-refractivity contribution in [3.63, 3.8) is 0 Å². The van der Waals surface area contributed by atoms with Crippen molar-refractivity contribution in [2.45, 2.75) is 32.1 Å². The van der Waals surface area contributed by atoms with Crippen molar-refractivity contribution >= 4 is 21.5 Å². The van der Waals surface area contributed by atoms with E-state index in [9.17, 15) is 0 Å². The van der Waals surface area contributed by atoms with E-state index in [-0.39, 0.29) is 0 Å². The van der Waals surface area contributed by atoms with Crippen LogP contribution in [0.3, 0.4) is 0 Å². The molecule has 0 saturated heterocycles. The van der Waals surface area contributed by atoms with Crippen molar-refractivity contribution < 1.29 is 0 Å². The summed E-state index contributed by atoms with van der Waals surface area (Å²) in [5, 5.41) is 5.61. The minimum atomic E-state index is 0.750. The van der Waals surface area contributed by atoms with Gasteiger partial charge in [0.1, 0.15) is 0 Å². The first-order valence-electron chi connectivity index (χ1n) is 7.75. The van der Waals surface area contributed by atoms with Gasteiger partial charge >= 0.3 is 0 Å². The highest BCUT2D eigenvalue weighted by Gasteiger charge is 2.26. The third kappa shape index (κ3) is 1.75. The Kier molecular flexibility index (Phi) is 2.77. The van der Waals surface area contributed by atoms with E-state index in [0.717, 1.165) is 11.8 Å². The second-order valence-electron chi connectivity index (χ2n) is 6.24. The first-order valence-corrected chi connectivity index (χ1v) is 7.75. The van der Waals surface area contributed by atoms with Crippen LogP contribution in [0.4, 0.5) is 0 Å². The van der Waals surface area contributed by atoms with Gasteiger partial charge in [0.15, 0.2) is 0 Å². The average molecular weight is 260 g/mol. The third-order valence-corrected chi connectivity index (χ3v) is 5.08. The lowest BCUT2D eigenvalue weighted by molar-refractivity contribution is 0.536. The van der Waals surface area contributed by atoms with Crippen molar-refractivity contribution in [1.29, 1.82) is 0 Å². The fourth-order valence-corrected chi connectivity index (χ4v) is 4.00. The number of benzene rings is 3. The summed E-state index contributed by atoms with van der Waals surface area (Å²) in [6.07, 6.45) is 4.12. The summed E-state index contributed by atoms with van der Waals surface area (Å²) in [6.45, 7) is 2.41. The van der Waals surface area contributed by atoms with Crippen molar-refractivity contribution in [2.75, 3.05) is 0 Å². The van der Waals surface area contributed by atoms with Gasteiger partial charge in [0, 0.05) is 0 Å². The van der Waals surface area contributed by atoms with Crippen LogP contribution >= 0.6 is 0 Å². The fraction of sp³-hybridized carbons (Fsp3) is 0.300. The molecule has 1 fully saturated rings. The maximum absolute atomic E-state index is 2.41. The van der Waals surface area contributed by atoms with E-state index >= 15 is 0 Å². The predicted octanol–water partition coefficient (Wildman–Crippen LogP) is 5.90. The van der Waals surface area contributed by atoms with Crippen LogP contribution in [0, 0.1) is 5.92 Å². The predicted molar refractivity (Wildman–Crippen MR) is 87.2 cm³/mol. The zero-order chi connectivity index (χ0) is 13.5. The molecule has 100 valence electrons. The van der Waals surface area contributed by atoms with Gasteiger partial charge in [-0.2, -0.15) is 0 Å². The Morgan fingerprint density at radius 2 is 1.60 bits per heavy atom. The average Bonchev–Trinajstić information content (AvgIpc) is 2.92. The van der Waals surface area contributed by atoms with E-state index in [2.05, 4.69) is 61.5 Å². The Labute approximate surface area is 120 Å². The van der Waals surface area contributed by atoms with E-state index in [1.807, 2.05) is 0 Å². The second kappa shape index (κ2) is 4.63. The molecule has 0 heterocycles. The molecule has 0 N–H and O–H groups in total. The SMILES string of the molecule is CC1CCCC1c1cccc2c1ccc1ccccc12. The molecule has 0 bridgehead atoms. The molecule has 0 radical (unpaired) electrons. The standard InChI is InChI=1S/C20H20/c1-14-6-4-9-16(14)18-10-5-11-19-17-8-3-2-7-15(17)12-13-20(18)19/h2-3,5,7-8,10-14,16H,4,6,9H2,1H3. The minimum absolute atomic E-state index is 0.750. The topological polar surface area (TPSA) is 0 Å². The molecule has 0 nitrogen and oxygen atoms in total. The molecule has 0 aromatic heterocycles. The van der Waals surface area contributed by atoms with Crippen LogP contribution < -0.4 is 0 Å². The second-order valence-corrected chi connectivity index (χ2v) is 6.24. The lowest BCUT2D eigenvalue weighted by Gasteiger charge is -2.18. The molecule has 1 aliphatic rings. The van der Waals surface area contributed by atoms with Crippen molar-refractivity contribution in [2.24, 2.45) is 5.92 Å². The van der Waals surface area contributed by atoms with Crippen LogP contribution in [-0.4, -0.2) is 0 Å². The summed E-state index contributed by atoms with van der Waals surface area (Å²) < 4.78 is 0. The number of rotatable bonds is 1. The molecule has 3 aromatic carbocycles. The maximum atomic E-state index is 2.41. The first-order chi connectivity index (χ1) is 9.84. The molecule has 20 heavy (non-hydrogen) atoms. The normalized spacial score (nSPS) is 22.6. The van der Waals surface area contributed by atoms with Crippen molar-refractivity contribution in [3.05, 3.63) is 60.2 Å². The molecule has 0 heteroatoms. The summed E-state index contributed by atoms with van der Waals surface area (Å²) >= 11 is 0. The molecule has 0 aliphatic heterocycles. The summed E-state index contributed by atoms with van der Waals surface area (Å²) in [5.41, 5.74) is 1.57. The molecule has 1 saturated carbocycles. The smallest absolute Gasteiger partial charge is 0.0103 e. The molecule has 0 amide bonds. The number of fused-ring (bicyclic) bond motifs is 3. The largest absolute Gasteiger partial charge is 0.0619 e. The molecule has 2 atom stereocenters. The van der Waals surface area contributed by atoms with Gasteiger partial charge in [-0.25, -0.2) is 0 Å². The van der Waals surface area contributed by atoms with E-state index in [1.165, 1.54) is 40.8 Å². The van der Waals surface area contributed by atoms with E-state index in [4.69, 9.17) is 0 Å². The molecule has 2 unspecified atom stereocenters. The van der Waals surface area contributed by atoms with Gasteiger partial charge in [0.05, 0.1) is 0 Å². The zero-order valence-corrected chi connectivity index (χ0v) is 12.0. The van der Waals surface area contributed by atoms with Gasteiger partial charge in [-0.15, -0.1) is 0 Å². The zero-order valence-electron chi connectivity index (χ0n) is 12.0. The van der Waals surface area contributed by atoms with Gasteiger partial charge in [-0.1, -0.05) is 74.4 Å².